The Morgan fingerprint density at radius 1 is 1.04 bits per heavy atom. The lowest BCUT2D eigenvalue weighted by molar-refractivity contribution is 0.101. The van der Waals surface area contributed by atoms with Crippen LogP contribution < -0.4 is 10.6 Å². The summed E-state index contributed by atoms with van der Waals surface area (Å²) in [5, 5.41) is 6.63. The van der Waals surface area contributed by atoms with E-state index in [1.54, 1.807) is 31.4 Å². The molecule has 0 saturated carbocycles. The summed E-state index contributed by atoms with van der Waals surface area (Å²) >= 11 is 0. The zero-order valence-corrected chi connectivity index (χ0v) is 14.8. The van der Waals surface area contributed by atoms with Gasteiger partial charge in [-0.1, -0.05) is 18.2 Å². The number of hydrogen-bond donors (Lipinski definition) is 2. The van der Waals surface area contributed by atoms with Gasteiger partial charge in [0, 0.05) is 36.5 Å². The van der Waals surface area contributed by atoms with Gasteiger partial charge >= 0.3 is 6.03 Å². The highest BCUT2D eigenvalue weighted by atomic mass is 16.5. The van der Waals surface area contributed by atoms with Gasteiger partial charge in [-0.25, -0.2) is 4.79 Å². The van der Waals surface area contributed by atoms with Crippen molar-refractivity contribution in [1.82, 2.24) is 4.57 Å². The number of urea groups is 1. The molecule has 0 aliphatic carbocycles. The first-order chi connectivity index (χ1) is 12.6. The Morgan fingerprint density at radius 2 is 1.77 bits per heavy atom. The molecule has 3 rings (SSSR count). The first kappa shape index (κ1) is 17.7. The summed E-state index contributed by atoms with van der Waals surface area (Å²) in [4.78, 5) is 23.7. The van der Waals surface area contributed by atoms with E-state index in [0.717, 1.165) is 16.6 Å². The second-order valence-electron chi connectivity index (χ2n) is 5.96. The molecule has 6 heteroatoms. The quantitative estimate of drug-likeness (QED) is 0.656. The number of carbonyl (C=O) groups excluding carboxylic acids is 2. The zero-order chi connectivity index (χ0) is 18.5. The van der Waals surface area contributed by atoms with Crippen LogP contribution in [0.15, 0.2) is 54.7 Å². The van der Waals surface area contributed by atoms with Gasteiger partial charge in [0.2, 0.25) is 0 Å². The van der Waals surface area contributed by atoms with E-state index in [-0.39, 0.29) is 11.8 Å². The summed E-state index contributed by atoms with van der Waals surface area (Å²) in [6, 6.07) is 14.3. The number of amides is 2. The van der Waals surface area contributed by atoms with Crippen LogP contribution in [0.4, 0.5) is 16.2 Å². The van der Waals surface area contributed by atoms with Gasteiger partial charge in [0.1, 0.15) is 0 Å². The number of ether oxygens (including phenoxy) is 1. The van der Waals surface area contributed by atoms with E-state index in [1.165, 1.54) is 6.92 Å². The van der Waals surface area contributed by atoms with Crippen molar-refractivity contribution in [3.05, 3.63) is 60.3 Å². The van der Waals surface area contributed by atoms with Crippen molar-refractivity contribution in [2.45, 2.75) is 13.5 Å². The third-order valence-electron chi connectivity index (χ3n) is 4.12. The monoisotopic (exact) mass is 351 g/mol. The van der Waals surface area contributed by atoms with E-state index in [9.17, 15) is 9.59 Å². The Hall–Kier alpha value is -3.12. The number of ketones is 1. The Kier molecular flexibility index (Phi) is 5.34. The zero-order valence-electron chi connectivity index (χ0n) is 14.8. The minimum Gasteiger partial charge on any atom is -0.383 e. The van der Waals surface area contributed by atoms with Crippen molar-refractivity contribution < 1.29 is 14.3 Å². The van der Waals surface area contributed by atoms with Crippen molar-refractivity contribution in [3.8, 4) is 0 Å². The van der Waals surface area contributed by atoms with Gasteiger partial charge in [-0.3, -0.25) is 4.79 Å². The highest BCUT2D eigenvalue weighted by Gasteiger charge is 2.11. The number of para-hydroxylation sites is 1. The Labute approximate surface area is 151 Å². The number of carbonyl (C=O) groups is 2. The first-order valence-electron chi connectivity index (χ1n) is 8.34. The molecule has 0 spiro atoms. The second kappa shape index (κ2) is 7.84. The lowest BCUT2D eigenvalue weighted by Gasteiger charge is -2.07. The molecule has 0 saturated heterocycles. The Bertz CT molecular complexity index is 929. The molecular formula is C20H21N3O3. The maximum atomic E-state index is 12.3. The normalized spacial score (nSPS) is 10.7. The molecule has 0 bridgehead atoms. The number of benzene rings is 2. The van der Waals surface area contributed by atoms with E-state index in [4.69, 9.17) is 4.74 Å². The van der Waals surface area contributed by atoms with Crippen molar-refractivity contribution in [2.75, 3.05) is 24.4 Å². The number of hydrogen-bond acceptors (Lipinski definition) is 3. The molecule has 0 unspecified atom stereocenters. The van der Waals surface area contributed by atoms with E-state index in [0.29, 0.717) is 24.4 Å². The van der Waals surface area contributed by atoms with Crippen LogP contribution in [0.5, 0.6) is 0 Å². The summed E-state index contributed by atoms with van der Waals surface area (Å²) in [5.41, 5.74) is 2.99. The summed E-state index contributed by atoms with van der Waals surface area (Å²) in [7, 11) is 1.66. The van der Waals surface area contributed by atoms with Crippen LogP contribution in [-0.2, 0) is 11.3 Å². The molecule has 0 radical (unpaired) electrons. The molecule has 0 atom stereocenters. The molecule has 0 aliphatic rings. The van der Waals surface area contributed by atoms with Crippen molar-refractivity contribution >= 4 is 34.1 Å². The Balaban J connectivity index is 1.75. The number of nitrogens with zero attached hydrogens (tertiary/aromatic N) is 1. The fraction of sp³-hybridized carbons (Fsp3) is 0.200. The maximum Gasteiger partial charge on any atom is 0.323 e. The van der Waals surface area contributed by atoms with Crippen LogP contribution in [-0.4, -0.2) is 30.1 Å². The fourth-order valence-corrected chi connectivity index (χ4v) is 2.79. The lowest BCUT2D eigenvalue weighted by atomic mass is 10.1. The summed E-state index contributed by atoms with van der Waals surface area (Å²) in [6.07, 6.45) is 1.90. The minimum atomic E-state index is -0.338. The fourth-order valence-electron chi connectivity index (χ4n) is 2.79. The molecule has 2 aromatic carbocycles. The highest BCUT2D eigenvalue weighted by Crippen LogP contribution is 2.26. The average molecular weight is 351 g/mol. The highest BCUT2D eigenvalue weighted by molar-refractivity contribution is 6.06. The molecule has 1 aromatic heterocycles. The molecular weight excluding hydrogens is 330 g/mol. The van der Waals surface area contributed by atoms with Crippen LogP contribution in [0.2, 0.25) is 0 Å². The molecule has 0 fully saturated rings. The van der Waals surface area contributed by atoms with Gasteiger partial charge in [-0.15, -0.1) is 0 Å². The third-order valence-corrected chi connectivity index (χ3v) is 4.12. The van der Waals surface area contributed by atoms with E-state index < -0.39 is 0 Å². The van der Waals surface area contributed by atoms with E-state index in [1.807, 2.05) is 30.5 Å². The molecule has 26 heavy (non-hydrogen) atoms. The third kappa shape index (κ3) is 3.92. The first-order valence-corrected chi connectivity index (χ1v) is 8.34. The molecule has 3 aromatic rings. The molecule has 2 N–H and O–H groups in total. The lowest BCUT2D eigenvalue weighted by Crippen LogP contribution is -2.19. The average Bonchev–Trinajstić information content (AvgIpc) is 2.98. The number of rotatable bonds is 6. The number of anilines is 2. The minimum absolute atomic E-state index is 0.00938. The van der Waals surface area contributed by atoms with Gasteiger partial charge in [-0.05, 0) is 37.3 Å². The van der Waals surface area contributed by atoms with Crippen molar-refractivity contribution in [2.24, 2.45) is 0 Å². The molecule has 6 nitrogen and oxygen atoms in total. The predicted molar refractivity (Wildman–Crippen MR) is 103 cm³/mol. The van der Waals surface area contributed by atoms with Gasteiger partial charge in [-0.2, -0.15) is 0 Å². The summed E-state index contributed by atoms with van der Waals surface area (Å²) in [5.74, 6) is -0.00938. The molecule has 1 heterocycles. The van der Waals surface area contributed by atoms with Gasteiger partial charge in [0.15, 0.2) is 5.78 Å². The van der Waals surface area contributed by atoms with Crippen LogP contribution in [0.3, 0.4) is 0 Å². The topological polar surface area (TPSA) is 72.4 Å². The molecule has 2 amide bonds. The number of Topliss-reactive ketones (excluding diaryl/α,β-unsaturated/α-hetero) is 1. The van der Waals surface area contributed by atoms with Crippen LogP contribution in [0, 0.1) is 0 Å². The van der Waals surface area contributed by atoms with Crippen LogP contribution in [0.25, 0.3) is 10.9 Å². The number of fused-ring (bicyclic) bond motifs is 1. The van der Waals surface area contributed by atoms with Gasteiger partial charge in [0.25, 0.3) is 0 Å². The number of aromatic nitrogens is 1. The van der Waals surface area contributed by atoms with Crippen LogP contribution >= 0.6 is 0 Å². The Morgan fingerprint density at radius 3 is 2.46 bits per heavy atom. The van der Waals surface area contributed by atoms with Crippen molar-refractivity contribution in [3.63, 3.8) is 0 Å². The smallest absolute Gasteiger partial charge is 0.323 e. The van der Waals surface area contributed by atoms with E-state index >= 15 is 0 Å². The predicted octanol–water partition coefficient (Wildman–Crippen LogP) is 4.13. The number of methoxy groups -OCH3 is 1. The second-order valence-corrected chi connectivity index (χ2v) is 5.96. The summed E-state index contributed by atoms with van der Waals surface area (Å²) < 4.78 is 7.20. The maximum absolute atomic E-state index is 12.3. The number of nitrogens with one attached hydrogen (secondary N) is 2. The standard InChI is InChI=1S/C20H21N3O3/c1-14(24)15-7-9-16(10-8-15)21-20(25)22-18-13-23(11-12-26-2)19-6-4-3-5-17(18)19/h3-10,13H,11-12H2,1-2H3,(H2,21,22,25). The van der Waals surface area contributed by atoms with Crippen LogP contribution in [0.1, 0.15) is 17.3 Å². The molecule has 134 valence electrons. The van der Waals surface area contributed by atoms with E-state index in [2.05, 4.69) is 15.2 Å². The molecule has 0 aliphatic heterocycles. The SMILES string of the molecule is COCCn1cc(NC(=O)Nc2ccc(C(C)=O)cc2)c2ccccc21. The van der Waals surface area contributed by atoms with Gasteiger partial charge < -0.3 is 19.9 Å². The van der Waals surface area contributed by atoms with Crippen molar-refractivity contribution in [1.29, 1.82) is 0 Å². The van der Waals surface area contributed by atoms with Gasteiger partial charge in [0.05, 0.1) is 17.8 Å². The largest absolute Gasteiger partial charge is 0.383 e. The summed E-state index contributed by atoms with van der Waals surface area (Å²) in [6.45, 7) is 2.80.